The molecular weight excluding hydrogens is 371 g/mol. The first-order chi connectivity index (χ1) is 10.9. The molecular formula is C12H13ClF3N5O2S. The zero-order chi connectivity index (χ0) is 18.3. The number of nitrogens with one attached hydrogen (secondary N) is 1. The molecule has 0 saturated carbocycles. The third kappa shape index (κ3) is 3.61. The van der Waals surface area contributed by atoms with E-state index in [9.17, 15) is 21.6 Å². The highest BCUT2D eigenvalue weighted by Crippen LogP contribution is 2.36. The number of halogens is 4. The average molecular weight is 384 g/mol. The van der Waals surface area contributed by atoms with Gasteiger partial charge in [-0.1, -0.05) is 0 Å². The van der Waals surface area contributed by atoms with Gasteiger partial charge in [0.15, 0.2) is 0 Å². The summed E-state index contributed by atoms with van der Waals surface area (Å²) in [5.41, 5.74) is -1.31. The Hall–Kier alpha value is -1.88. The zero-order valence-electron chi connectivity index (χ0n) is 12.8. The second kappa shape index (κ2) is 6.20. The van der Waals surface area contributed by atoms with Crippen molar-refractivity contribution < 1.29 is 21.6 Å². The number of sulfone groups is 1. The summed E-state index contributed by atoms with van der Waals surface area (Å²) in [5, 5.41) is 4.59. The third-order valence-electron chi connectivity index (χ3n) is 3.00. The van der Waals surface area contributed by atoms with Gasteiger partial charge >= 0.3 is 6.18 Å². The maximum atomic E-state index is 13.0. The number of aryl methyl sites for hydroxylation is 1. The van der Waals surface area contributed by atoms with E-state index in [2.05, 4.69) is 20.4 Å². The molecule has 2 rings (SSSR count). The van der Waals surface area contributed by atoms with Gasteiger partial charge in [-0.3, -0.25) is 4.68 Å². The Kier molecular flexibility index (Phi) is 4.77. The molecule has 0 saturated heterocycles. The van der Waals surface area contributed by atoms with E-state index in [1.54, 1.807) is 0 Å². The number of anilines is 2. The van der Waals surface area contributed by atoms with E-state index in [0.717, 1.165) is 0 Å². The van der Waals surface area contributed by atoms with E-state index >= 15 is 0 Å². The summed E-state index contributed by atoms with van der Waals surface area (Å²) >= 11 is 5.55. The number of hydrogen-bond acceptors (Lipinski definition) is 6. The highest BCUT2D eigenvalue weighted by atomic mass is 35.5. The first-order valence-corrected chi connectivity index (χ1v) is 8.49. The van der Waals surface area contributed by atoms with Crippen molar-refractivity contribution in [2.75, 3.05) is 5.32 Å². The van der Waals surface area contributed by atoms with Crippen LogP contribution in [0.15, 0.2) is 17.4 Å². The largest absolute Gasteiger partial charge is 0.421 e. The highest BCUT2D eigenvalue weighted by molar-refractivity contribution is 7.92. The summed E-state index contributed by atoms with van der Waals surface area (Å²) in [7, 11) is -2.37. The molecule has 0 aliphatic heterocycles. The van der Waals surface area contributed by atoms with E-state index in [-0.39, 0.29) is 10.7 Å². The standard InChI is InChI=1S/C12H13ClF3N5O2S/c1-6(2)24(22,23)10-8(5-21(3)20-10)18-9-7(12(14,15)16)4-17-11(13)19-9/h4-6H,1-3H3,(H,17,18,19). The quantitative estimate of drug-likeness (QED) is 0.816. The van der Waals surface area contributed by atoms with Crippen LogP contribution < -0.4 is 5.32 Å². The minimum absolute atomic E-state index is 0.133. The van der Waals surface area contributed by atoms with E-state index < -0.39 is 37.9 Å². The monoisotopic (exact) mass is 383 g/mol. The molecule has 24 heavy (non-hydrogen) atoms. The Morgan fingerprint density at radius 1 is 1.33 bits per heavy atom. The van der Waals surface area contributed by atoms with Gasteiger partial charge in [0.1, 0.15) is 11.4 Å². The van der Waals surface area contributed by atoms with Crippen molar-refractivity contribution in [3.63, 3.8) is 0 Å². The fourth-order valence-corrected chi connectivity index (χ4v) is 3.01. The Bertz CT molecular complexity index is 864. The smallest absolute Gasteiger partial charge is 0.336 e. The minimum atomic E-state index is -4.74. The van der Waals surface area contributed by atoms with E-state index in [0.29, 0.717) is 6.20 Å². The second-order valence-corrected chi connectivity index (χ2v) is 7.90. The third-order valence-corrected chi connectivity index (χ3v) is 5.27. The molecule has 0 unspecified atom stereocenters. The van der Waals surface area contributed by atoms with Gasteiger partial charge in [-0.25, -0.2) is 13.4 Å². The van der Waals surface area contributed by atoms with Crippen molar-refractivity contribution in [2.24, 2.45) is 7.05 Å². The molecule has 0 spiro atoms. The molecule has 2 aromatic rings. The molecule has 7 nitrogen and oxygen atoms in total. The predicted octanol–water partition coefficient (Wildman–Crippen LogP) is 2.81. The van der Waals surface area contributed by atoms with Gasteiger partial charge in [0.2, 0.25) is 20.1 Å². The van der Waals surface area contributed by atoms with Crippen LogP contribution in [0.1, 0.15) is 19.4 Å². The number of rotatable bonds is 4. The normalized spacial score (nSPS) is 12.7. The van der Waals surface area contributed by atoms with Crippen LogP contribution in [0.25, 0.3) is 0 Å². The first kappa shape index (κ1) is 18.5. The summed E-state index contributed by atoms with van der Waals surface area (Å²) in [6.45, 7) is 2.88. The molecule has 0 fully saturated rings. The van der Waals surface area contributed by atoms with Crippen LogP contribution in [0.3, 0.4) is 0 Å². The van der Waals surface area contributed by atoms with E-state index in [1.807, 2.05) is 0 Å². The van der Waals surface area contributed by atoms with Gasteiger partial charge in [-0.15, -0.1) is 0 Å². The second-order valence-electron chi connectivity index (χ2n) is 5.14. The lowest BCUT2D eigenvalue weighted by Crippen LogP contribution is -2.17. The maximum absolute atomic E-state index is 13.0. The van der Waals surface area contributed by atoms with Crippen molar-refractivity contribution in [3.05, 3.63) is 23.2 Å². The maximum Gasteiger partial charge on any atom is 0.421 e. The predicted molar refractivity (Wildman–Crippen MR) is 80.9 cm³/mol. The molecule has 132 valence electrons. The fourth-order valence-electron chi connectivity index (χ4n) is 1.78. The van der Waals surface area contributed by atoms with Crippen molar-refractivity contribution in [3.8, 4) is 0 Å². The van der Waals surface area contributed by atoms with Gasteiger partial charge in [0, 0.05) is 19.4 Å². The zero-order valence-corrected chi connectivity index (χ0v) is 14.3. The minimum Gasteiger partial charge on any atom is -0.336 e. The van der Waals surface area contributed by atoms with Crippen molar-refractivity contribution in [1.82, 2.24) is 19.7 Å². The van der Waals surface area contributed by atoms with Crippen molar-refractivity contribution in [2.45, 2.75) is 30.3 Å². The highest BCUT2D eigenvalue weighted by Gasteiger charge is 2.36. The van der Waals surface area contributed by atoms with Crippen molar-refractivity contribution >= 4 is 32.9 Å². The lowest BCUT2D eigenvalue weighted by Gasteiger charge is -2.13. The first-order valence-electron chi connectivity index (χ1n) is 6.57. The Morgan fingerprint density at radius 2 is 1.96 bits per heavy atom. The van der Waals surface area contributed by atoms with Crippen LogP contribution in [0, 0.1) is 0 Å². The summed E-state index contributed by atoms with van der Waals surface area (Å²) in [6.07, 6.45) is -2.98. The van der Waals surface area contributed by atoms with Crippen LogP contribution in [0.5, 0.6) is 0 Å². The summed E-state index contributed by atoms with van der Waals surface area (Å²) in [5.74, 6) is -0.657. The molecule has 0 aromatic carbocycles. The van der Waals surface area contributed by atoms with Gasteiger partial charge in [-0.2, -0.15) is 23.3 Å². The molecule has 0 radical (unpaired) electrons. The number of nitrogens with zero attached hydrogens (tertiary/aromatic N) is 4. The van der Waals surface area contributed by atoms with Gasteiger partial charge < -0.3 is 5.32 Å². The Morgan fingerprint density at radius 3 is 2.50 bits per heavy atom. The van der Waals surface area contributed by atoms with Crippen LogP contribution in [-0.4, -0.2) is 33.4 Å². The molecule has 0 amide bonds. The van der Waals surface area contributed by atoms with Crippen LogP contribution in [0.2, 0.25) is 5.28 Å². The van der Waals surface area contributed by atoms with Gasteiger partial charge in [-0.05, 0) is 25.4 Å². The lowest BCUT2D eigenvalue weighted by atomic mass is 10.3. The molecule has 0 aliphatic rings. The van der Waals surface area contributed by atoms with Gasteiger partial charge in [0.25, 0.3) is 0 Å². The van der Waals surface area contributed by atoms with Crippen LogP contribution >= 0.6 is 11.6 Å². The topological polar surface area (TPSA) is 89.8 Å². The number of alkyl halides is 3. The summed E-state index contributed by atoms with van der Waals surface area (Å²) in [4.78, 5) is 6.81. The number of hydrogen-bond donors (Lipinski definition) is 1. The van der Waals surface area contributed by atoms with Gasteiger partial charge in [0.05, 0.1) is 10.9 Å². The molecule has 12 heteroatoms. The Balaban J connectivity index is 2.57. The van der Waals surface area contributed by atoms with Crippen LogP contribution in [0.4, 0.5) is 24.7 Å². The van der Waals surface area contributed by atoms with E-state index in [1.165, 1.54) is 31.8 Å². The van der Waals surface area contributed by atoms with Crippen LogP contribution in [-0.2, 0) is 23.1 Å². The summed E-state index contributed by atoms with van der Waals surface area (Å²) in [6, 6.07) is 0. The SMILES string of the molecule is CC(C)S(=O)(=O)c1nn(C)cc1Nc1nc(Cl)ncc1C(F)(F)F. The molecule has 0 bridgehead atoms. The lowest BCUT2D eigenvalue weighted by molar-refractivity contribution is -0.137. The molecule has 2 heterocycles. The number of aromatic nitrogens is 4. The van der Waals surface area contributed by atoms with Crippen molar-refractivity contribution in [1.29, 1.82) is 0 Å². The molecule has 0 aliphatic carbocycles. The molecule has 0 atom stereocenters. The molecule has 2 aromatic heterocycles. The summed E-state index contributed by atoms with van der Waals surface area (Å²) < 4.78 is 64.9. The Labute approximate surface area is 140 Å². The molecule has 1 N–H and O–H groups in total. The fraction of sp³-hybridized carbons (Fsp3) is 0.417. The average Bonchev–Trinajstić information content (AvgIpc) is 2.78. The van der Waals surface area contributed by atoms with E-state index in [4.69, 9.17) is 11.6 Å².